The molecule has 1 aliphatic rings. The average molecular weight is 244 g/mol. The molecule has 0 bridgehead atoms. The fraction of sp³-hybridized carbons (Fsp3) is 1.00. The first-order valence-corrected chi connectivity index (χ1v) is 6.86. The second-order valence-electron chi connectivity index (χ2n) is 6.08. The van der Waals surface area contributed by atoms with Gasteiger partial charge in [-0.2, -0.15) is 0 Å². The van der Waals surface area contributed by atoms with Crippen molar-refractivity contribution in [3.05, 3.63) is 0 Å². The summed E-state index contributed by atoms with van der Waals surface area (Å²) in [5, 5.41) is 9.64. The standard InChI is InChI=1S/C14H28O3/c1-11(6-5-8-14(3,4)15)10-13-16-9-7-12(2)17-13/h11-13,15H,5-10H2,1-4H3/t11-,12-,13-/m1/s1. The Labute approximate surface area is 105 Å². The second-order valence-corrected chi connectivity index (χ2v) is 6.08. The van der Waals surface area contributed by atoms with Crippen LogP contribution in [-0.4, -0.2) is 29.7 Å². The third-order valence-corrected chi connectivity index (χ3v) is 3.29. The Morgan fingerprint density at radius 1 is 1.41 bits per heavy atom. The van der Waals surface area contributed by atoms with Crippen molar-refractivity contribution in [3.8, 4) is 0 Å². The highest BCUT2D eigenvalue weighted by Crippen LogP contribution is 2.23. The topological polar surface area (TPSA) is 38.7 Å². The van der Waals surface area contributed by atoms with Gasteiger partial charge in [-0.15, -0.1) is 0 Å². The van der Waals surface area contributed by atoms with Gasteiger partial charge in [-0.1, -0.05) is 19.8 Å². The van der Waals surface area contributed by atoms with E-state index in [1.165, 1.54) is 0 Å². The molecule has 0 saturated carbocycles. The first-order chi connectivity index (χ1) is 7.87. The summed E-state index contributed by atoms with van der Waals surface area (Å²) in [6.45, 7) is 8.90. The Bertz CT molecular complexity index is 210. The van der Waals surface area contributed by atoms with E-state index >= 15 is 0 Å². The first kappa shape index (κ1) is 14.9. The molecule has 102 valence electrons. The Hall–Kier alpha value is -0.120. The van der Waals surface area contributed by atoms with Gasteiger partial charge in [-0.3, -0.25) is 0 Å². The van der Waals surface area contributed by atoms with Crippen LogP contribution >= 0.6 is 0 Å². The van der Waals surface area contributed by atoms with Crippen LogP contribution in [0.2, 0.25) is 0 Å². The van der Waals surface area contributed by atoms with Crippen molar-refractivity contribution in [1.82, 2.24) is 0 Å². The third-order valence-electron chi connectivity index (χ3n) is 3.29. The van der Waals surface area contributed by atoms with Crippen LogP contribution in [0.4, 0.5) is 0 Å². The number of aliphatic hydroxyl groups is 1. The van der Waals surface area contributed by atoms with Crippen LogP contribution in [0, 0.1) is 5.92 Å². The van der Waals surface area contributed by atoms with Gasteiger partial charge in [0, 0.05) is 6.42 Å². The minimum absolute atomic E-state index is 0.0177. The number of hydrogen-bond acceptors (Lipinski definition) is 3. The molecule has 17 heavy (non-hydrogen) atoms. The van der Waals surface area contributed by atoms with E-state index in [-0.39, 0.29) is 6.29 Å². The van der Waals surface area contributed by atoms with Crippen molar-refractivity contribution in [3.63, 3.8) is 0 Å². The largest absolute Gasteiger partial charge is 0.390 e. The lowest BCUT2D eigenvalue weighted by Crippen LogP contribution is -2.31. The van der Waals surface area contributed by atoms with Gasteiger partial charge in [0.15, 0.2) is 6.29 Å². The van der Waals surface area contributed by atoms with Gasteiger partial charge < -0.3 is 14.6 Å². The van der Waals surface area contributed by atoms with E-state index < -0.39 is 5.60 Å². The van der Waals surface area contributed by atoms with E-state index in [0.29, 0.717) is 12.0 Å². The van der Waals surface area contributed by atoms with Crippen LogP contribution in [0.1, 0.15) is 59.8 Å². The quantitative estimate of drug-likeness (QED) is 0.780. The lowest BCUT2D eigenvalue weighted by atomic mass is 9.95. The summed E-state index contributed by atoms with van der Waals surface area (Å²) in [5.41, 5.74) is -0.536. The maximum Gasteiger partial charge on any atom is 0.158 e. The van der Waals surface area contributed by atoms with Crippen LogP contribution in [-0.2, 0) is 9.47 Å². The summed E-state index contributed by atoms with van der Waals surface area (Å²) < 4.78 is 11.3. The van der Waals surface area contributed by atoms with Gasteiger partial charge >= 0.3 is 0 Å². The molecule has 0 aromatic rings. The number of rotatable bonds is 6. The Morgan fingerprint density at radius 2 is 2.12 bits per heavy atom. The minimum Gasteiger partial charge on any atom is -0.390 e. The molecule has 3 atom stereocenters. The van der Waals surface area contributed by atoms with Gasteiger partial charge in [0.05, 0.1) is 18.3 Å². The van der Waals surface area contributed by atoms with E-state index in [1.54, 1.807) is 0 Å². The molecule has 0 aliphatic carbocycles. The zero-order chi connectivity index (χ0) is 12.9. The molecule has 0 aromatic carbocycles. The molecule has 1 N–H and O–H groups in total. The lowest BCUT2D eigenvalue weighted by Gasteiger charge is -2.30. The molecule has 0 aromatic heterocycles. The Balaban J connectivity index is 2.13. The second kappa shape index (κ2) is 6.72. The summed E-state index contributed by atoms with van der Waals surface area (Å²) >= 11 is 0. The molecule has 1 rings (SSSR count). The fourth-order valence-corrected chi connectivity index (χ4v) is 2.18. The summed E-state index contributed by atoms with van der Waals surface area (Å²) in [4.78, 5) is 0. The van der Waals surface area contributed by atoms with Gasteiger partial charge in [0.25, 0.3) is 0 Å². The molecule has 0 amide bonds. The zero-order valence-corrected chi connectivity index (χ0v) is 11.7. The molecule has 0 radical (unpaired) electrons. The van der Waals surface area contributed by atoms with Crippen molar-refractivity contribution in [2.24, 2.45) is 5.92 Å². The maximum atomic E-state index is 9.64. The number of hydrogen-bond donors (Lipinski definition) is 1. The average Bonchev–Trinajstić information content (AvgIpc) is 2.15. The SMILES string of the molecule is C[C@H](CCCC(C)(C)O)C[C@@H]1OCC[C@@H](C)O1. The minimum atomic E-state index is -0.536. The van der Waals surface area contributed by atoms with Gasteiger partial charge in [-0.05, 0) is 39.5 Å². The van der Waals surface area contributed by atoms with Crippen LogP contribution in [0.3, 0.4) is 0 Å². The molecular formula is C14H28O3. The molecule has 3 nitrogen and oxygen atoms in total. The smallest absolute Gasteiger partial charge is 0.158 e. The first-order valence-electron chi connectivity index (χ1n) is 6.86. The van der Waals surface area contributed by atoms with Crippen LogP contribution in [0.25, 0.3) is 0 Å². The van der Waals surface area contributed by atoms with Crippen LogP contribution < -0.4 is 0 Å². The maximum absolute atomic E-state index is 9.64. The van der Waals surface area contributed by atoms with Crippen molar-refractivity contribution >= 4 is 0 Å². The molecule has 1 aliphatic heterocycles. The molecule has 0 unspecified atom stereocenters. The van der Waals surface area contributed by atoms with E-state index in [0.717, 1.165) is 38.7 Å². The van der Waals surface area contributed by atoms with Crippen LogP contribution in [0.15, 0.2) is 0 Å². The predicted molar refractivity (Wildman–Crippen MR) is 68.8 cm³/mol. The van der Waals surface area contributed by atoms with Crippen LogP contribution in [0.5, 0.6) is 0 Å². The molecule has 0 spiro atoms. The Kier molecular flexibility index (Phi) is 5.90. The van der Waals surface area contributed by atoms with E-state index in [2.05, 4.69) is 13.8 Å². The summed E-state index contributed by atoms with van der Waals surface area (Å²) in [5.74, 6) is 0.590. The predicted octanol–water partition coefficient (Wildman–Crippen LogP) is 3.11. The van der Waals surface area contributed by atoms with Gasteiger partial charge in [0.1, 0.15) is 0 Å². The van der Waals surface area contributed by atoms with Crippen molar-refractivity contribution in [2.45, 2.75) is 77.8 Å². The van der Waals surface area contributed by atoms with Crippen molar-refractivity contribution < 1.29 is 14.6 Å². The van der Waals surface area contributed by atoms with Gasteiger partial charge in [-0.25, -0.2) is 0 Å². The fourth-order valence-electron chi connectivity index (χ4n) is 2.18. The molecule has 3 heteroatoms. The normalized spacial score (nSPS) is 28.1. The summed E-state index contributed by atoms with van der Waals surface area (Å²) in [7, 11) is 0. The highest BCUT2D eigenvalue weighted by atomic mass is 16.7. The molecule has 1 heterocycles. The molecule has 1 saturated heterocycles. The monoisotopic (exact) mass is 244 g/mol. The molecule has 1 fully saturated rings. The highest BCUT2D eigenvalue weighted by Gasteiger charge is 2.22. The van der Waals surface area contributed by atoms with E-state index in [9.17, 15) is 5.11 Å². The number of ether oxygens (including phenoxy) is 2. The van der Waals surface area contributed by atoms with Gasteiger partial charge in [0.2, 0.25) is 0 Å². The van der Waals surface area contributed by atoms with Crippen molar-refractivity contribution in [1.29, 1.82) is 0 Å². The summed E-state index contributed by atoms with van der Waals surface area (Å²) in [6, 6.07) is 0. The van der Waals surface area contributed by atoms with E-state index in [1.807, 2.05) is 13.8 Å². The zero-order valence-electron chi connectivity index (χ0n) is 11.7. The Morgan fingerprint density at radius 3 is 2.71 bits per heavy atom. The molecular weight excluding hydrogens is 216 g/mol. The van der Waals surface area contributed by atoms with E-state index in [4.69, 9.17) is 9.47 Å². The third kappa shape index (κ3) is 7.02. The highest BCUT2D eigenvalue weighted by molar-refractivity contribution is 4.67. The van der Waals surface area contributed by atoms with Crippen molar-refractivity contribution in [2.75, 3.05) is 6.61 Å². The summed E-state index contributed by atoms with van der Waals surface area (Å²) in [6.07, 6.45) is 5.34. The lowest BCUT2D eigenvalue weighted by molar-refractivity contribution is -0.214.